The van der Waals surface area contributed by atoms with E-state index in [1.807, 2.05) is 20.8 Å². The van der Waals surface area contributed by atoms with Gasteiger partial charge in [0.05, 0.1) is 12.6 Å². The smallest absolute Gasteiger partial charge is 0.230 e. The van der Waals surface area contributed by atoms with E-state index in [2.05, 4.69) is 15.1 Å². The van der Waals surface area contributed by atoms with Crippen LogP contribution in [0.3, 0.4) is 0 Å². The maximum atomic E-state index is 13.0. The molecule has 0 saturated heterocycles. The molecule has 0 radical (unpaired) electrons. The van der Waals surface area contributed by atoms with Crippen LogP contribution in [0.4, 0.5) is 4.39 Å². The largest absolute Gasteiger partial charge is 0.423 e. The van der Waals surface area contributed by atoms with Crippen molar-refractivity contribution in [3.8, 4) is 0 Å². The van der Waals surface area contributed by atoms with Gasteiger partial charge in [-0.05, 0) is 30.5 Å². The van der Waals surface area contributed by atoms with Crippen LogP contribution in [0.1, 0.15) is 57.1 Å². The minimum absolute atomic E-state index is 0.177. The van der Waals surface area contributed by atoms with Crippen LogP contribution in [0.5, 0.6) is 0 Å². The summed E-state index contributed by atoms with van der Waals surface area (Å²) in [5.41, 5.74) is 0.534. The Labute approximate surface area is 141 Å². The molecule has 1 N–H and O–H groups in total. The molecule has 1 aromatic heterocycles. The lowest BCUT2D eigenvalue weighted by Crippen LogP contribution is -2.30. The van der Waals surface area contributed by atoms with Crippen molar-refractivity contribution in [2.24, 2.45) is 0 Å². The Morgan fingerprint density at radius 3 is 2.46 bits per heavy atom. The van der Waals surface area contributed by atoms with E-state index >= 15 is 0 Å². The lowest BCUT2D eigenvalue weighted by atomic mass is 9.97. The van der Waals surface area contributed by atoms with Gasteiger partial charge in [0, 0.05) is 18.0 Å². The molecule has 0 aliphatic heterocycles. The molecular formula is C18H24FN3O2. The fourth-order valence-electron chi connectivity index (χ4n) is 2.59. The number of nitrogens with zero attached hydrogens (tertiary/aromatic N) is 3. The lowest BCUT2D eigenvalue weighted by Gasteiger charge is -2.23. The molecule has 1 aliphatic carbocycles. The van der Waals surface area contributed by atoms with E-state index in [9.17, 15) is 9.50 Å². The molecule has 130 valence electrons. The zero-order valence-corrected chi connectivity index (χ0v) is 14.4. The first kappa shape index (κ1) is 17.0. The second-order valence-electron chi connectivity index (χ2n) is 7.48. The number of aliphatic hydroxyl groups is 1. The van der Waals surface area contributed by atoms with E-state index in [1.54, 1.807) is 12.1 Å². The van der Waals surface area contributed by atoms with Crippen molar-refractivity contribution in [3.63, 3.8) is 0 Å². The normalized spacial score (nSPS) is 16.6. The van der Waals surface area contributed by atoms with Gasteiger partial charge in [0.1, 0.15) is 5.82 Å². The molecular weight excluding hydrogens is 309 g/mol. The summed E-state index contributed by atoms with van der Waals surface area (Å²) < 4.78 is 18.8. The molecule has 0 bridgehead atoms. The molecule has 2 aromatic rings. The zero-order chi connectivity index (χ0) is 17.3. The Bertz CT molecular complexity index is 674. The molecule has 0 amide bonds. The standard InChI is InChI=1S/C18H24FN3O2/c1-18(2,3)17-21-20-16(24-17)11-22(14-8-9-14)10-15(23)12-4-6-13(19)7-5-12/h4-7,14-15,23H,8-11H2,1-3H3/t15-/m1/s1. The maximum absolute atomic E-state index is 13.0. The van der Waals surface area contributed by atoms with Gasteiger partial charge >= 0.3 is 0 Å². The van der Waals surface area contributed by atoms with Crippen molar-refractivity contribution < 1.29 is 13.9 Å². The molecule has 5 nitrogen and oxygen atoms in total. The summed E-state index contributed by atoms with van der Waals surface area (Å²) in [5.74, 6) is 0.885. The third kappa shape index (κ3) is 4.19. The first-order valence-corrected chi connectivity index (χ1v) is 8.33. The fraction of sp³-hybridized carbons (Fsp3) is 0.556. The highest BCUT2D eigenvalue weighted by atomic mass is 19.1. The summed E-state index contributed by atoms with van der Waals surface area (Å²) in [5, 5.41) is 18.7. The third-order valence-corrected chi connectivity index (χ3v) is 4.17. The number of hydrogen-bond acceptors (Lipinski definition) is 5. The average molecular weight is 333 g/mol. The Morgan fingerprint density at radius 1 is 1.25 bits per heavy atom. The number of aromatic nitrogens is 2. The molecule has 1 heterocycles. The number of benzene rings is 1. The van der Waals surface area contributed by atoms with E-state index in [-0.39, 0.29) is 11.2 Å². The van der Waals surface area contributed by atoms with Crippen molar-refractivity contribution in [1.82, 2.24) is 15.1 Å². The average Bonchev–Trinajstić information content (AvgIpc) is 3.25. The van der Waals surface area contributed by atoms with Gasteiger partial charge in [0.15, 0.2) is 0 Å². The number of hydrogen-bond donors (Lipinski definition) is 1. The summed E-state index contributed by atoms with van der Waals surface area (Å²) in [6.07, 6.45) is 1.54. The molecule has 6 heteroatoms. The van der Waals surface area contributed by atoms with Gasteiger partial charge in [-0.25, -0.2) is 4.39 Å². The Balaban J connectivity index is 1.67. The lowest BCUT2D eigenvalue weighted by molar-refractivity contribution is 0.0982. The number of aliphatic hydroxyl groups excluding tert-OH is 1. The van der Waals surface area contributed by atoms with Crippen LogP contribution in [0.2, 0.25) is 0 Å². The van der Waals surface area contributed by atoms with Gasteiger partial charge in [-0.3, -0.25) is 4.90 Å². The predicted molar refractivity (Wildman–Crippen MR) is 87.8 cm³/mol. The quantitative estimate of drug-likeness (QED) is 0.879. The summed E-state index contributed by atoms with van der Waals surface area (Å²) >= 11 is 0. The van der Waals surface area contributed by atoms with Gasteiger partial charge in [-0.15, -0.1) is 10.2 Å². The highest BCUT2D eigenvalue weighted by Gasteiger charge is 2.32. The van der Waals surface area contributed by atoms with Crippen molar-refractivity contribution >= 4 is 0 Å². The molecule has 24 heavy (non-hydrogen) atoms. The molecule has 1 saturated carbocycles. The van der Waals surface area contributed by atoms with Gasteiger partial charge in [0.25, 0.3) is 0 Å². The van der Waals surface area contributed by atoms with E-state index in [0.29, 0.717) is 36.5 Å². The minimum Gasteiger partial charge on any atom is -0.423 e. The van der Waals surface area contributed by atoms with Crippen LogP contribution in [0.15, 0.2) is 28.7 Å². The van der Waals surface area contributed by atoms with Gasteiger partial charge in [-0.1, -0.05) is 32.9 Å². The van der Waals surface area contributed by atoms with Crippen molar-refractivity contribution in [1.29, 1.82) is 0 Å². The SMILES string of the molecule is CC(C)(C)c1nnc(CN(C[C@@H](O)c2ccc(F)cc2)C2CC2)o1. The second-order valence-corrected chi connectivity index (χ2v) is 7.48. The number of halogens is 1. The summed E-state index contributed by atoms with van der Waals surface area (Å²) in [7, 11) is 0. The van der Waals surface area contributed by atoms with Crippen LogP contribution in [0.25, 0.3) is 0 Å². The first-order chi connectivity index (χ1) is 11.3. The maximum Gasteiger partial charge on any atom is 0.230 e. The first-order valence-electron chi connectivity index (χ1n) is 8.33. The second kappa shape index (κ2) is 6.61. The highest BCUT2D eigenvalue weighted by molar-refractivity contribution is 5.19. The van der Waals surface area contributed by atoms with E-state index < -0.39 is 6.10 Å². The fourth-order valence-corrected chi connectivity index (χ4v) is 2.59. The Morgan fingerprint density at radius 2 is 1.92 bits per heavy atom. The van der Waals surface area contributed by atoms with Gasteiger partial charge in [0.2, 0.25) is 11.8 Å². The van der Waals surface area contributed by atoms with E-state index in [0.717, 1.165) is 12.8 Å². The van der Waals surface area contributed by atoms with E-state index in [4.69, 9.17) is 4.42 Å². The van der Waals surface area contributed by atoms with Crippen LogP contribution in [-0.4, -0.2) is 32.8 Å². The van der Waals surface area contributed by atoms with Crippen LogP contribution >= 0.6 is 0 Å². The Kier molecular flexibility index (Phi) is 4.69. The van der Waals surface area contributed by atoms with Crippen molar-refractivity contribution in [3.05, 3.63) is 47.4 Å². The van der Waals surface area contributed by atoms with E-state index in [1.165, 1.54) is 12.1 Å². The number of rotatable bonds is 6. The van der Waals surface area contributed by atoms with Crippen LogP contribution in [0, 0.1) is 5.82 Å². The molecule has 1 aliphatic rings. The molecule has 0 spiro atoms. The third-order valence-electron chi connectivity index (χ3n) is 4.17. The van der Waals surface area contributed by atoms with Crippen LogP contribution < -0.4 is 0 Å². The monoisotopic (exact) mass is 333 g/mol. The van der Waals surface area contributed by atoms with Crippen molar-refractivity contribution in [2.45, 2.75) is 57.7 Å². The Hall–Kier alpha value is -1.79. The molecule has 0 unspecified atom stereocenters. The highest BCUT2D eigenvalue weighted by Crippen LogP contribution is 2.30. The summed E-state index contributed by atoms with van der Waals surface area (Å²) in [6, 6.07) is 6.41. The topological polar surface area (TPSA) is 62.4 Å². The van der Waals surface area contributed by atoms with Crippen LogP contribution in [-0.2, 0) is 12.0 Å². The molecule has 1 fully saturated rings. The van der Waals surface area contributed by atoms with Crippen molar-refractivity contribution in [2.75, 3.05) is 6.54 Å². The predicted octanol–water partition coefficient (Wildman–Crippen LogP) is 3.20. The molecule has 1 aromatic carbocycles. The molecule has 3 rings (SSSR count). The zero-order valence-electron chi connectivity index (χ0n) is 14.4. The molecule has 1 atom stereocenters. The van der Waals surface area contributed by atoms with Gasteiger partial charge < -0.3 is 9.52 Å². The summed E-state index contributed by atoms with van der Waals surface area (Å²) in [4.78, 5) is 2.16. The summed E-state index contributed by atoms with van der Waals surface area (Å²) in [6.45, 7) is 7.07. The minimum atomic E-state index is -0.670. The van der Waals surface area contributed by atoms with Gasteiger partial charge in [-0.2, -0.15) is 0 Å².